The smallest absolute Gasteiger partial charge is 0.321 e. The molecule has 2 saturated heterocycles. The maximum Gasteiger partial charge on any atom is 0.321 e. The Hall–Kier alpha value is -2.12. The lowest BCUT2D eigenvalue weighted by molar-refractivity contribution is -0.165. The summed E-state index contributed by atoms with van der Waals surface area (Å²) in [4.78, 5) is 29.0. The molecule has 2 aliphatic heterocycles. The summed E-state index contributed by atoms with van der Waals surface area (Å²) in [6.45, 7) is 32.5. The third-order valence-corrected chi connectivity index (χ3v) is 11.9. The lowest BCUT2D eigenvalue weighted by Crippen LogP contribution is -2.56. The van der Waals surface area contributed by atoms with E-state index in [2.05, 4.69) is 79.3 Å². The van der Waals surface area contributed by atoms with Gasteiger partial charge in [-0.2, -0.15) is 0 Å². The summed E-state index contributed by atoms with van der Waals surface area (Å²) in [5.74, 6) is -2.43. The molecule has 1 aromatic carbocycles. The number of benzene rings is 1. The van der Waals surface area contributed by atoms with Crippen LogP contribution in [-0.4, -0.2) is 73.3 Å². The Morgan fingerprint density at radius 1 is 0.673 bits per heavy atom. The molecule has 0 aromatic heterocycles. The number of phenols is 1. The van der Waals surface area contributed by atoms with E-state index in [-0.39, 0.29) is 29.4 Å². The van der Waals surface area contributed by atoms with E-state index < -0.39 is 17.4 Å². The first-order chi connectivity index (χ1) is 21.9. The maximum atomic E-state index is 12.0. The zero-order valence-electron chi connectivity index (χ0n) is 34.8. The third-order valence-electron chi connectivity index (χ3n) is 11.9. The highest BCUT2D eigenvalue weighted by atomic mass is 16.4. The van der Waals surface area contributed by atoms with Crippen molar-refractivity contribution in [2.45, 2.75) is 201 Å². The molecule has 0 atom stereocenters. The summed E-state index contributed by atoms with van der Waals surface area (Å²) < 4.78 is 0. The third kappa shape index (κ3) is 11.4. The predicted molar refractivity (Wildman–Crippen MR) is 206 cm³/mol. The molecule has 2 aliphatic rings. The van der Waals surface area contributed by atoms with Gasteiger partial charge in [-0.1, -0.05) is 73.4 Å². The quantitative estimate of drug-likeness (QED) is 0.245. The van der Waals surface area contributed by atoms with Crippen molar-refractivity contribution >= 4 is 11.9 Å². The number of carboxylic acid groups (broad SMARTS) is 2. The van der Waals surface area contributed by atoms with Crippen LogP contribution in [0.2, 0.25) is 0 Å². The van der Waals surface area contributed by atoms with Crippen LogP contribution in [0, 0.1) is 5.41 Å². The van der Waals surface area contributed by atoms with E-state index in [1.807, 2.05) is 48.5 Å². The van der Waals surface area contributed by atoms with Crippen LogP contribution in [0.15, 0.2) is 12.1 Å². The van der Waals surface area contributed by atoms with Crippen molar-refractivity contribution in [2.24, 2.45) is 5.41 Å². The van der Waals surface area contributed by atoms with E-state index in [4.69, 9.17) is 0 Å². The fraction of sp³-hybridized carbons (Fsp3) is 0.810. The number of hydrogen-bond donors (Lipinski definition) is 3. The van der Waals surface area contributed by atoms with Gasteiger partial charge in [-0.3, -0.25) is 19.4 Å². The minimum Gasteiger partial charge on any atom is -0.507 e. The lowest BCUT2D eigenvalue weighted by atomic mass is 9.73. The number of phenolic OH excluding ortho intramolecular Hbond substituents is 1. The molecular weight excluding hydrogens is 612 g/mol. The number of nitrogens with zero attached hydrogens (tertiary/aromatic N) is 2. The first-order valence-electron chi connectivity index (χ1n) is 18.7. The van der Waals surface area contributed by atoms with Crippen LogP contribution in [0.4, 0.5) is 0 Å². The highest BCUT2D eigenvalue weighted by Crippen LogP contribution is 2.42. The van der Waals surface area contributed by atoms with Crippen molar-refractivity contribution in [3.05, 3.63) is 28.8 Å². The Morgan fingerprint density at radius 3 is 1.20 bits per heavy atom. The molecule has 7 nitrogen and oxygen atoms in total. The molecule has 0 bridgehead atoms. The van der Waals surface area contributed by atoms with E-state index in [0.29, 0.717) is 45.3 Å². The fourth-order valence-electron chi connectivity index (χ4n) is 7.53. The molecule has 0 unspecified atom stereocenters. The monoisotopic (exact) mass is 689 g/mol. The van der Waals surface area contributed by atoms with Gasteiger partial charge in [0, 0.05) is 22.2 Å². The van der Waals surface area contributed by atoms with Crippen molar-refractivity contribution in [3.63, 3.8) is 0 Å². The molecule has 1 aromatic rings. The highest BCUT2D eigenvalue weighted by molar-refractivity contribution is 5.98. The van der Waals surface area contributed by atoms with Gasteiger partial charge in [0.25, 0.3) is 0 Å². The van der Waals surface area contributed by atoms with Crippen LogP contribution in [-0.2, 0) is 26.8 Å². The Labute approximate surface area is 301 Å². The van der Waals surface area contributed by atoms with Crippen LogP contribution in [0.5, 0.6) is 5.75 Å². The van der Waals surface area contributed by atoms with Gasteiger partial charge in [0.1, 0.15) is 5.75 Å². The first-order valence-corrected chi connectivity index (χ1v) is 18.7. The van der Waals surface area contributed by atoms with Crippen LogP contribution in [0.3, 0.4) is 0 Å². The molecule has 0 amide bonds. The molecule has 3 N–H and O–H groups in total. The molecule has 2 heterocycles. The summed E-state index contributed by atoms with van der Waals surface area (Å²) in [6.07, 6.45) is 9.33. The van der Waals surface area contributed by atoms with Gasteiger partial charge < -0.3 is 15.3 Å². The fourth-order valence-corrected chi connectivity index (χ4v) is 7.53. The standard InChI is InChI=1S/C22H34O5.2C10H21N/c1-8-9-10-22(18(24)25,19(26)27)13-14-11-15(20(2,3)4)17(23)16(12-14)21(5,6)7;2*1-9(2)7-6-8-10(3,4)11(9)5/h11-12,23H,8-10,13H2,1-7H3,(H,24,25)(H,26,27);2*6-8H2,1-5H3. The number of aliphatic carboxylic acids is 2. The number of unbranched alkanes of at least 4 members (excludes halogenated alkanes) is 1. The molecule has 2 fully saturated rings. The Kier molecular flexibility index (Phi) is 14.7. The van der Waals surface area contributed by atoms with E-state index in [1.165, 1.54) is 38.5 Å². The highest BCUT2D eigenvalue weighted by Gasteiger charge is 2.46. The largest absolute Gasteiger partial charge is 0.507 e. The zero-order valence-corrected chi connectivity index (χ0v) is 34.8. The average molecular weight is 689 g/mol. The molecule has 0 saturated carbocycles. The van der Waals surface area contributed by atoms with E-state index in [9.17, 15) is 24.9 Å². The topological polar surface area (TPSA) is 101 Å². The van der Waals surface area contributed by atoms with Crippen LogP contribution in [0.25, 0.3) is 0 Å². The van der Waals surface area contributed by atoms with Gasteiger partial charge in [0.05, 0.1) is 0 Å². The second kappa shape index (κ2) is 16.0. The number of piperidine rings is 2. The molecular formula is C42H76N2O5. The van der Waals surface area contributed by atoms with Gasteiger partial charge in [0.15, 0.2) is 5.41 Å². The summed E-state index contributed by atoms with van der Waals surface area (Å²) in [5.41, 5.74) is 1.06. The number of likely N-dealkylation sites (tertiary alicyclic amines) is 2. The normalized spacial score (nSPS) is 20.7. The van der Waals surface area contributed by atoms with Crippen LogP contribution >= 0.6 is 0 Å². The van der Waals surface area contributed by atoms with Gasteiger partial charge in [0.2, 0.25) is 0 Å². The predicted octanol–water partition coefficient (Wildman–Crippen LogP) is 10.2. The number of aromatic hydroxyl groups is 1. The Bertz CT molecular complexity index is 1150. The molecule has 0 radical (unpaired) electrons. The van der Waals surface area contributed by atoms with Gasteiger partial charge in [-0.25, -0.2) is 0 Å². The number of hydrogen-bond acceptors (Lipinski definition) is 5. The average Bonchev–Trinajstić information content (AvgIpc) is 2.92. The van der Waals surface area contributed by atoms with E-state index in [1.54, 1.807) is 12.1 Å². The zero-order chi connectivity index (χ0) is 38.6. The van der Waals surface area contributed by atoms with Crippen molar-refractivity contribution in [3.8, 4) is 5.75 Å². The van der Waals surface area contributed by atoms with Crippen LogP contribution < -0.4 is 0 Å². The summed E-state index contributed by atoms with van der Waals surface area (Å²) in [5, 5.41) is 30.3. The summed E-state index contributed by atoms with van der Waals surface area (Å²) >= 11 is 0. The molecule has 49 heavy (non-hydrogen) atoms. The molecule has 3 rings (SSSR count). The Balaban J connectivity index is 0.000000443. The van der Waals surface area contributed by atoms with Gasteiger partial charge >= 0.3 is 11.9 Å². The molecule has 284 valence electrons. The van der Waals surface area contributed by atoms with E-state index >= 15 is 0 Å². The molecule has 7 heteroatoms. The minimum atomic E-state index is -1.86. The van der Waals surface area contributed by atoms with Crippen molar-refractivity contribution in [1.82, 2.24) is 9.80 Å². The number of carboxylic acids is 2. The van der Waals surface area contributed by atoms with Crippen molar-refractivity contribution in [1.29, 1.82) is 0 Å². The maximum absolute atomic E-state index is 12.0. The van der Waals surface area contributed by atoms with Crippen molar-refractivity contribution < 1.29 is 24.9 Å². The number of rotatable bonds is 7. The molecule has 0 aliphatic carbocycles. The Morgan fingerprint density at radius 2 is 0.980 bits per heavy atom. The van der Waals surface area contributed by atoms with E-state index in [0.717, 1.165) is 6.42 Å². The SMILES string of the molecule is CCCCC(Cc1cc(C(C)(C)C)c(O)c(C(C)(C)C)c1)(C(=O)O)C(=O)O.CN1C(C)(C)CCCC1(C)C.CN1C(C)(C)CCCC1(C)C. The van der Waals surface area contributed by atoms with Gasteiger partial charge in [-0.05, 0) is 148 Å². The first kappa shape index (κ1) is 44.9. The van der Waals surface area contributed by atoms with Crippen LogP contribution in [0.1, 0.15) is 178 Å². The second-order valence-corrected chi connectivity index (χ2v) is 19.6. The second-order valence-electron chi connectivity index (χ2n) is 19.6. The summed E-state index contributed by atoms with van der Waals surface area (Å²) in [6, 6.07) is 3.52. The van der Waals surface area contributed by atoms with Gasteiger partial charge in [-0.15, -0.1) is 0 Å². The lowest BCUT2D eigenvalue weighted by Gasteiger charge is -2.51. The number of carbonyl (C=O) groups is 2. The molecule has 0 spiro atoms. The summed E-state index contributed by atoms with van der Waals surface area (Å²) in [7, 11) is 4.50. The van der Waals surface area contributed by atoms with Crippen molar-refractivity contribution in [2.75, 3.05) is 14.1 Å². The minimum absolute atomic E-state index is 0.0742.